The lowest BCUT2D eigenvalue weighted by molar-refractivity contribution is 0.0702. The van der Waals surface area contributed by atoms with Crippen molar-refractivity contribution in [1.82, 2.24) is 9.80 Å². The number of carbonyl (C=O) groups is 2. The summed E-state index contributed by atoms with van der Waals surface area (Å²) in [7, 11) is 0. The van der Waals surface area contributed by atoms with Gasteiger partial charge in [0, 0.05) is 36.1 Å². The zero-order chi connectivity index (χ0) is 20.6. The summed E-state index contributed by atoms with van der Waals surface area (Å²) in [5.41, 5.74) is 1.19. The van der Waals surface area contributed by atoms with Crippen molar-refractivity contribution < 1.29 is 14.7 Å². The quantitative estimate of drug-likeness (QED) is 0.591. The van der Waals surface area contributed by atoms with E-state index in [0.29, 0.717) is 18.0 Å². The predicted octanol–water partition coefficient (Wildman–Crippen LogP) is 5.18. The number of hydrogen-bond acceptors (Lipinski definition) is 3. The number of hydrogen-bond donors (Lipinski definition) is 1. The molecule has 1 aromatic heterocycles. The van der Waals surface area contributed by atoms with Gasteiger partial charge in [-0.05, 0) is 68.4 Å². The average molecular weight is 435 g/mol. The van der Waals surface area contributed by atoms with Crippen molar-refractivity contribution in [3.8, 4) is 0 Å². The van der Waals surface area contributed by atoms with Gasteiger partial charge in [-0.1, -0.05) is 23.7 Å². The summed E-state index contributed by atoms with van der Waals surface area (Å²) < 4.78 is 0. The lowest BCUT2D eigenvalue weighted by Gasteiger charge is -2.28. The summed E-state index contributed by atoms with van der Waals surface area (Å²) in [4.78, 5) is 29.3. The van der Waals surface area contributed by atoms with Gasteiger partial charge in [0.1, 0.15) is 4.88 Å². The Hall–Kier alpha value is -2.05. The normalized spacial score (nSPS) is 13.6. The molecule has 1 aromatic carbocycles. The van der Waals surface area contributed by atoms with E-state index in [2.05, 4.69) is 6.07 Å². The van der Waals surface area contributed by atoms with Gasteiger partial charge < -0.3 is 14.9 Å². The van der Waals surface area contributed by atoms with E-state index in [1.54, 1.807) is 6.07 Å². The molecule has 0 radical (unpaired) electrons. The van der Waals surface area contributed by atoms with Gasteiger partial charge in [0.25, 0.3) is 0 Å². The van der Waals surface area contributed by atoms with E-state index >= 15 is 0 Å². The highest BCUT2D eigenvalue weighted by molar-refractivity contribution is 7.13. The van der Waals surface area contributed by atoms with Gasteiger partial charge >= 0.3 is 12.0 Å². The molecule has 5 nitrogen and oxygen atoms in total. The molecular weight excluding hydrogens is 408 g/mol. The minimum atomic E-state index is -0.881. The molecule has 29 heavy (non-hydrogen) atoms. The van der Waals surface area contributed by atoms with Crippen LogP contribution in [0.1, 0.15) is 45.8 Å². The van der Waals surface area contributed by atoms with E-state index in [1.165, 1.54) is 16.9 Å². The molecule has 0 spiro atoms. The van der Waals surface area contributed by atoms with E-state index in [9.17, 15) is 9.59 Å². The van der Waals surface area contributed by atoms with Crippen molar-refractivity contribution in [3.05, 3.63) is 56.7 Å². The molecule has 156 valence electrons. The lowest BCUT2D eigenvalue weighted by atomic mass is 10.1. The number of carbonyl (C=O) groups excluding carboxylic acids is 1. The third-order valence-corrected chi connectivity index (χ3v) is 6.52. The molecule has 3 rings (SSSR count). The number of rotatable bonds is 9. The SMILES string of the molecule is O=C(O)c1ccc(CCCN(CCCc2cccc(Cl)c2)C(=O)N2CCCC2)s1. The molecule has 0 bridgehead atoms. The standard InChI is InChI=1S/C22H27ClN2O3S/c23-18-8-3-6-17(16-18)7-4-14-25(22(28)24-12-1-2-13-24)15-5-9-19-10-11-20(29-19)21(26)27/h3,6,8,10-11,16H,1-2,4-5,7,9,12-15H2,(H,26,27). The van der Waals surface area contributed by atoms with Gasteiger partial charge in [0.05, 0.1) is 0 Å². The van der Waals surface area contributed by atoms with Crippen molar-refractivity contribution in [1.29, 1.82) is 0 Å². The fourth-order valence-electron chi connectivity index (χ4n) is 3.65. The number of nitrogens with zero attached hydrogens (tertiary/aromatic N) is 2. The third-order valence-electron chi connectivity index (χ3n) is 5.15. The summed E-state index contributed by atoms with van der Waals surface area (Å²) in [6.45, 7) is 3.09. The van der Waals surface area contributed by atoms with E-state index < -0.39 is 5.97 Å². The Morgan fingerprint density at radius 3 is 2.45 bits per heavy atom. The van der Waals surface area contributed by atoms with Crippen molar-refractivity contribution in [2.45, 2.75) is 38.5 Å². The monoisotopic (exact) mass is 434 g/mol. The van der Waals surface area contributed by atoms with Crippen LogP contribution in [-0.2, 0) is 12.8 Å². The van der Waals surface area contributed by atoms with Crippen LogP contribution in [-0.4, -0.2) is 53.1 Å². The average Bonchev–Trinajstić information content (AvgIpc) is 3.38. The molecule has 2 aromatic rings. The van der Waals surface area contributed by atoms with Crippen molar-refractivity contribution in [2.24, 2.45) is 0 Å². The predicted molar refractivity (Wildman–Crippen MR) is 117 cm³/mol. The summed E-state index contributed by atoms with van der Waals surface area (Å²) in [6, 6.07) is 11.5. The van der Waals surface area contributed by atoms with Crippen molar-refractivity contribution >= 4 is 34.9 Å². The molecule has 0 atom stereocenters. The molecular formula is C22H27ClN2O3S. The Morgan fingerprint density at radius 1 is 1.07 bits per heavy atom. The molecule has 1 saturated heterocycles. The van der Waals surface area contributed by atoms with Crippen LogP contribution in [0, 0.1) is 0 Å². The van der Waals surface area contributed by atoms with Crippen LogP contribution < -0.4 is 0 Å². The molecule has 1 aliphatic heterocycles. The second kappa shape index (κ2) is 10.6. The number of aromatic carboxylic acids is 1. The summed E-state index contributed by atoms with van der Waals surface area (Å²) >= 11 is 7.38. The first-order valence-electron chi connectivity index (χ1n) is 10.1. The molecule has 7 heteroatoms. The highest BCUT2D eigenvalue weighted by Crippen LogP contribution is 2.19. The Balaban J connectivity index is 1.53. The van der Waals surface area contributed by atoms with Gasteiger partial charge in [-0.15, -0.1) is 11.3 Å². The lowest BCUT2D eigenvalue weighted by Crippen LogP contribution is -2.43. The molecule has 1 fully saturated rings. The molecule has 1 aliphatic rings. The third kappa shape index (κ3) is 6.47. The largest absolute Gasteiger partial charge is 0.477 e. The smallest absolute Gasteiger partial charge is 0.345 e. The van der Waals surface area contributed by atoms with Crippen molar-refractivity contribution in [3.63, 3.8) is 0 Å². The topological polar surface area (TPSA) is 60.9 Å². The highest BCUT2D eigenvalue weighted by atomic mass is 35.5. The van der Waals surface area contributed by atoms with E-state index in [0.717, 1.165) is 61.5 Å². The first kappa shape index (κ1) is 21.7. The van der Waals surface area contributed by atoms with Gasteiger partial charge in [-0.2, -0.15) is 0 Å². The fraction of sp³-hybridized carbons (Fsp3) is 0.455. The highest BCUT2D eigenvalue weighted by Gasteiger charge is 2.23. The number of carboxylic acids is 1. The van der Waals surface area contributed by atoms with Gasteiger partial charge in [0.15, 0.2) is 0 Å². The zero-order valence-electron chi connectivity index (χ0n) is 16.5. The molecule has 0 aliphatic carbocycles. The summed E-state index contributed by atoms with van der Waals surface area (Å²) in [5, 5.41) is 9.80. The molecule has 1 N–H and O–H groups in total. The second-order valence-electron chi connectivity index (χ2n) is 7.37. The molecule has 2 heterocycles. The zero-order valence-corrected chi connectivity index (χ0v) is 18.1. The molecule has 0 unspecified atom stereocenters. The van der Waals surface area contributed by atoms with Gasteiger partial charge in [0.2, 0.25) is 0 Å². The number of aryl methyl sites for hydroxylation is 2. The van der Waals surface area contributed by atoms with Crippen LogP contribution in [0.4, 0.5) is 4.79 Å². The van der Waals surface area contributed by atoms with Crippen LogP contribution in [0.25, 0.3) is 0 Å². The molecule has 2 amide bonds. The first-order chi connectivity index (χ1) is 14.0. The van der Waals surface area contributed by atoms with Crippen LogP contribution in [0.3, 0.4) is 0 Å². The van der Waals surface area contributed by atoms with E-state index in [1.807, 2.05) is 34.1 Å². The number of halogens is 1. The number of benzene rings is 1. The number of urea groups is 1. The van der Waals surface area contributed by atoms with Crippen LogP contribution >= 0.6 is 22.9 Å². The Morgan fingerprint density at radius 2 is 1.79 bits per heavy atom. The Labute approximate surface area is 180 Å². The maximum absolute atomic E-state index is 12.9. The van der Waals surface area contributed by atoms with Crippen LogP contribution in [0.5, 0.6) is 0 Å². The molecule has 0 saturated carbocycles. The van der Waals surface area contributed by atoms with Crippen LogP contribution in [0.2, 0.25) is 5.02 Å². The van der Waals surface area contributed by atoms with Gasteiger partial charge in [-0.3, -0.25) is 0 Å². The first-order valence-corrected chi connectivity index (χ1v) is 11.3. The second-order valence-corrected chi connectivity index (χ2v) is 8.98. The maximum Gasteiger partial charge on any atom is 0.345 e. The number of thiophene rings is 1. The van der Waals surface area contributed by atoms with Crippen LogP contribution in [0.15, 0.2) is 36.4 Å². The Bertz CT molecular complexity index is 833. The maximum atomic E-state index is 12.9. The minimum absolute atomic E-state index is 0.131. The van der Waals surface area contributed by atoms with Gasteiger partial charge in [-0.25, -0.2) is 9.59 Å². The van der Waals surface area contributed by atoms with E-state index in [4.69, 9.17) is 16.7 Å². The summed E-state index contributed by atoms with van der Waals surface area (Å²) in [5.74, 6) is -0.881. The number of likely N-dealkylation sites (tertiary alicyclic amines) is 1. The van der Waals surface area contributed by atoms with E-state index in [-0.39, 0.29) is 6.03 Å². The Kier molecular flexibility index (Phi) is 7.95. The summed E-state index contributed by atoms with van der Waals surface area (Å²) in [6.07, 6.45) is 5.55. The minimum Gasteiger partial charge on any atom is -0.477 e. The number of amides is 2. The number of carboxylic acid groups (broad SMARTS) is 1. The van der Waals surface area contributed by atoms with Crippen molar-refractivity contribution in [2.75, 3.05) is 26.2 Å². The fourth-order valence-corrected chi connectivity index (χ4v) is 4.75.